The van der Waals surface area contributed by atoms with Crippen LogP contribution >= 0.6 is 0 Å². The fourth-order valence-electron chi connectivity index (χ4n) is 3.29. The van der Waals surface area contributed by atoms with Gasteiger partial charge in [-0.3, -0.25) is 9.59 Å². The number of carbonyl (C=O) groups is 2. The molecule has 34 heavy (non-hydrogen) atoms. The third-order valence-corrected chi connectivity index (χ3v) is 5.19. The molecule has 7 nitrogen and oxygen atoms in total. The van der Waals surface area contributed by atoms with Gasteiger partial charge in [0.2, 0.25) is 11.8 Å². The predicted octanol–water partition coefficient (Wildman–Crippen LogP) is 2.35. The van der Waals surface area contributed by atoms with Crippen LogP contribution in [0, 0.1) is 0 Å². The van der Waals surface area contributed by atoms with E-state index >= 15 is 0 Å². The van der Waals surface area contributed by atoms with E-state index in [0.29, 0.717) is 25.1 Å². The number of hydrogen-bond acceptors (Lipinski definition) is 5. The van der Waals surface area contributed by atoms with Gasteiger partial charge in [0.15, 0.2) is 0 Å². The van der Waals surface area contributed by atoms with E-state index in [1.807, 2.05) is 6.92 Å². The highest BCUT2D eigenvalue weighted by molar-refractivity contribution is 5.87. The lowest BCUT2D eigenvalue weighted by Crippen LogP contribution is -2.48. The molecule has 2 amide bonds. The van der Waals surface area contributed by atoms with Gasteiger partial charge in [0.25, 0.3) is 0 Å². The van der Waals surface area contributed by atoms with Crippen LogP contribution in [0.2, 0.25) is 0 Å². The second kappa shape index (κ2) is 17.3. The Morgan fingerprint density at radius 1 is 0.912 bits per heavy atom. The number of hydrogen-bond donors (Lipinski definition) is 5. The number of rotatable bonds is 18. The van der Waals surface area contributed by atoms with Gasteiger partial charge in [0.1, 0.15) is 6.04 Å². The summed E-state index contributed by atoms with van der Waals surface area (Å²) < 4.78 is 38.3. The van der Waals surface area contributed by atoms with Crippen LogP contribution < -0.4 is 27.0 Å². The first kappa shape index (κ1) is 29.9. The van der Waals surface area contributed by atoms with Crippen molar-refractivity contribution in [2.24, 2.45) is 5.73 Å². The summed E-state index contributed by atoms with van der Waals surface area (Å²) in [5, 5.41) is 12.2. The molecule has 0 aliphatic heterocycles. The van der Waals surface area contributed by atoms with Crippen LogP contribution in [-0.2, 0) is 22.2 Å². The molecule has 194 valence electrons. The van der Waals surface area contributed by atoms with Gasteiger partial charge in [0.05, 0.1) is 5.56 Å². The van der Waals surface area contributed by atoms with Crippen LogP contribution in [0.15, 0.2) is 24.3 Å². The van der Waals surface area contributed by atoms with Gasteiger partial charge in [-0.25, -0.2) is 0 Å². The van der Waals surface area contributed by atoms with Crippen molar-refractivity contribution in [2.75, 3.05) is 39.3 Å². The Hall–Kier alpha value is -2.17. The van der Waals surface area contributed by atoms with Gasteiger partial charge in [-0.2, -0.15) is 13.2 Å². The highest BCUT2D eigenvalue weighted by Crippen LogP contribution is 2.29. The van der Waals surface area contributed by atoms with Crippen molar-refractivity contribution in [1.82, 2.24) is 21.3 Å². The van der Waals surface area contributed by atoms with Crippen molar-refractivity contribution in [2.45, 2.75) is 64.1 Å². The molecule has 1 atom stereocenters. The normalized spacial score (nSPS) is 12.4. The number of nitrogens with two attached hydrogens (primary N) is 1. The molecule has 0 aromatic heterocycles. The summed E-state index contributed by atoms with van der Waals surface area (Å²) in [7, 11) is 0. The standard InChI is InChI=1S/C24H40F3N5O2/c1-2-7-22(33)32-21(18-19-8-10-20(11-9-19)24(25,26)27)23(34)31-17-4-3-13-29-15-6-16-30-14-5-12-28/h8-11,21,29-30H,2-7,12-18,28H2,1H3,(H,31,34)(H,32,33). The Bertz CT molecular complexity index is 699. The highest BCUT2D eigenvalue weighted by atomic mass is 19.4. The maximum absolute atomic E-state index is 12.8. The van der Waals surface area contributed by atoms with Crippen LogP contribution in [0.4, 0.5) is 13.2 Å². The number of amides is 2. The molecule has 0 bridgehead atoms. The van der Waals surface area contributed by atoms with Gasteiger partial charge in [-0.05, 0) is 82.5 Å². The lowest BCUT2D eigenvalue weighted by atomic mass is 10.0. The number of benzene rings is 1. The van der Waals surface area contributed by atoms with Crippen molar-refractivity contribution in [3.05, 3.63) is 35.4 Å². The van der Waals surface area contributed by atoms with Crippen molar-refractivity contribution < 1.29 is 22.8 Å². The zero-order valence-corrected chi connectivity index (χ0v) is 20.1. The molecule has 0 aliphatic carbocycles. The van der Waals surface area contributed by atoms with Crippen LogP contribution in [-0.4, -0.2) is 57.1 Å². The molecule has 1 unspecified atom stereocenters. The van der Waals surface area contributed by atoms with E-state index in [4.69, 9.17) is 5.73 Å². The minimum atomic E-state index is -4.42. The van der Waals surface area contributed by atoms with Gasteiger partial charge in [0, 0.05) is 19.4 Å². The van der Waals surface area contributed by atoms with E-state index in [1.54, 1.807) is 0 Å². The number of unbranched alkanes of at least 4 members (excludes halogenated alkanes) is 1. The van der Waals surface area contributed by atoms with E-state index in [2.05, 4.69) is 21.3 Å². The fraction of sp³-hybridized carbons (Fsp3) is 0.667. The molecule has 0 fully saturated rings. The molecule has 0 spiro atoms. The lowest BCUT2D eigenvalue weighted by Gasteiger charge is -2.19. The zero-order valence-electron chi connectivity index (χ0n) is 20.1. The van der Waals surface area contributed by atoms with Crippen LogP contribution in [0.25, 0.3) is 0 Å². The summed E-state index contributed by atoms with van der Waals surface area (Å²) in [5.74, 6) is -0.586. The number of alkyl halides is 3. The van der Waals surface area contributed by atoms with Crippen molar-refractivity contribution in [3.63, 3.8) is 0 Å². The number of nitrogens with one attached hydrogen (secondary N) is 4. The monoisotopic (exact) mass is 487 g/mol. The smallest absolute Gasteiger partial charge is 0.354 e. The maximum Gasteiger partial charge on any atom is 0.416 e. The molecular formula is C24H40F3N5O2. The molecular weight excluding hydrogens is 447 g/mol. The first-order valence-electron chi connectivity index (χ1n) is 12.1. The minimum Gasteiger partial charge on any atom is -0.354 e. The summed E-state index contributed by atoms with van der Waals surface area (Å²) in [6, 6.07) is 3.83. The molecule has 0 saturated heterocycles. The second-order valence-electron chi connectivity index (χ2n) is 8.26. The Balaban J connectivity index is 2.39. The molecule has 0 heterocycles. The number of halogens is 3. The molecule has 10 heteroatoms. The Kier molecular flexibility index (Phi) is 15.2. The third kappa shape index (κ3) is 13.5. The topological polar surface area (TPSA) is 108 Å². The first-order chi connectivity index (χ1) is 16.3. The third-order valence-electron chi connectivity index (χ3n) is 5.19. The number of carbonyl (C=O) groups excluding carboxylic acids is 2. The maximum atomic E-state index is 12.8. The molecule has 1 aromatic carbocycles. The van der Waals surface area contributed by atoms with Crippen LogP contribution in [0.5, 0.6) is 0 Å². The van der Waals surface area contributed by atoms with Gasteiger partial charge in [-0.15, -0.1) is 0 Å². The zero-order chi connectivity index (χ0) is 25.2. The van der Waals surface area contributed by atoms with E-state index in [1.165, 1.54) is 12.1 Å². The van der Waals surface area contributed by atoms with Crippen molar-refractivity contribution in [1.29, 1.82) is 0 Å². The van der Waals surface area contributed by atoms with Crippen molar-refractivity contribution in [3.8, 4) is 0 Å². The molecule has 1 rings (SSSR count). The lowest BCUT2D eigenvalue weighted by molar-refractivity contribution is -0.137. The average molecular weight is 488 g/mol. The summed E-state index contributed by atoms with van der Waals surface area (Å²) in [6.45, 7) is 6.68. The van der Waals surface area contributed by atoms with Crippen LogP contribution in [0.1, 0.15) is 56.6 Å². The minimum absolute atomic E-state index is 0.125. The summed E-state index contributed by atoms with van der Waals surface area (Å²) in [4.78, 5) is 24.7. The fourth-order valence-corrected chi connectivity index (χ4v) is 3.29. The summed E-state index contributed by atoms with van der Waals surface area (Å²) >= 11 is 0. The van der Waals surface area contributed by atoms with Gasteiger partial charge in [-0.1, -0.05) is 19.1 Å². The second-order valence-corrected chi connectivity index (χ2v) is 8.26. The van der Waals surface area contributed by atoms with E-state index in [9.17, 15) is 22.8 Å². The SMILES string of the molecule is CCCC(=O)NC(Cc1ccc(C(F)(F)F)cc1)C(=O)NCCCCNCCCNCCCN. The molecule has 0 aliphatic rings. The Morgan fingerprint density at radius 2 is 1.50 bits per heavy atom. The quantitative estimate of drug-likeness (QED) is 0.204. The highest BCUT2D eigenvalue weighted by Gasteiger charge is 2.30. The largest absolute Gasteiger partial charge is 0.416 e. The predicted molar refractivity (Wildman–Crippen MR) is 128 cm³/mol. The van der Waals surface area contributed by atoms with E-state index in [0.717, 1.165) is 64.0 Å². The van der Waals surface area contributed by atoms with Crippen molar-refractivity contribution >= 4 is 11.8 Å². The van der Waals surface area contributed by atoms with E-state index < -0.39 is 17.8 Å². The average Bonchev–Trinajstić information content (AvgIpc) is 2.79. The van der Waals surface area contributed by atoms with Gasteiger partial charge >= 0.3 is 6.18 Å². The molecule has 1 aromatic rings. The summed E-state index contributed by atoms with van der Waals surface area (Å²) in [5.41, 5.74) is 5.24. The summed E-state index contributed by atoms with van der Waals surface area (Å²) in [6.07, 6.45) is 0.316. The Labute approximate surface area is 200 Å². The van der Waals surface area contributed by atoms with Crippen LogP contribution in [0.3, 0.4) is 0 Å². The Morgan fingerprint density at radius 3 is 2.09 bits per heavy atom. The first-order valence-corrected chi connectivity index (χ1v) is 12.1. The molecule has 0 radical (unpaired) electrons. The molecule has 6 N–H and O–H groups in total. The van der Waals surface area contributed by atoms with Gasteiger partial charge < -0.3 is 27.0 Å². The molecule has 0 saturated carbocycles. The van der Waals surface area contributed by atoms with E-state index in [-0.39, 0.29) is 24.7 Å².